The Hall–Kier alpha value is -0.0800. The van der Waals surface area contributed by atoms with Gasteiger partial charge >= 0.3 is 0 Å². The van der Waals surface area contributed by atoms with Crippen molar-refractivity contribution < 1.29 is 4.48 Å². The fourth-order valence-corrected chi connectivity index (χ4v) is 1.82. The van der Waals surface area contributed by atoms with Crippen LogP contribution in [0.5, 0.6) is 0 Å². The minimum atomic E-state index is 1.25. The van der Waals surface area contributed by atoms with Crippen LogP contribution in [0.15, 0.2) is 0 Å². The lowest BCUT2D eigenvalue weighted by Crippen LogP contribution is -2.65. The van der Waals surface area contributed by atoms with Gasteiger partial charge < -0.3 is 4.48 Å². The monoisotopic (exact) mass is 171 g/mol. The smallest absolute Gasteiger partial charge is 0.0914 e. The summed E-state index contributed by atoms with van der Waals surface area (Å²) in [6.45, 7) is 12.4. The van der Waals surface area contributed by atoms with Crippen LogP contribution < -0.4 is 0 Å². The number of nitrogens with zero attached hydrogens (tertiary/aromatic N) is 2. The van der Waals surface area contributed by atoms with E-state index in [-0.39, 0.29) is 0 Å². The zero-order valence-corrected chi connectivity index (χ0v) is 8.84. The van der Waals surface area contributed by atoms with Crippen LogP contribution in [0.4, 0.5) is 0 Å². The van der Waals surface area contributed by atoms with Gasteiger partial charge in [-0.25, -0.2) is 0 Å². The van der Waals surface area contributed by atoms with Crippen molar-refractivity contribution in [1.29, 1.82) is 0 Å². The average molecular weight is 171 g/mol. The summed E-state index contributed by atoms with van der Waals surface area (Å²) < 4.78 is 1.34. The molecule has 3 rings (SSSR count). The van der Waals surface area contributed by atoms with E-state index in [1.54, 1.807) is 0 Å². The molecule has 12 heavy (non-hydrogen) atoms. The van der Waals surface area contributed by atoms with Crippen molar-refractivity contribution in [2.75, 3.05) is 46.3 Å². The van der Waals surface area contributed by atoms with Gasteiger partial charge in [-0.05, 0) is 0 Å². The van der Waals surface area contributed by atoms with Crippen LogP contribution in [0, 0.1) is 0 Å². The highest BCUT2D eigenvalue weighted by molar-refractivity contribution is 4.68. The Morgan fingerprint density at radius 3 is 1.50 bits per heavy atom. The number of hydrogen-bond acceptors (Lipinski definition) is 1. The molecule has 0 radical (unpaired) electrons. The van der Waals surface area contributed by atoms with Gasteiger partial charge in [0.15, 0.2) is 0 Å². The van der Waals surface area contributed by atoms with Crippen molar-refractivity contribution in [1.82, 2.24) is 4.90 Å². The van der Waals surface area contributed by atoms with Gasteiger partial charge in [-0.1, -0.05) is 20.3 Å². The molecule has 0 spiro atoms. The molecule has 2 nitrogen and oxygen atoms in total. The summed E-state index contributed by atoms with van der Waals surface area (Å²) in [5.74, 6) is 0. The van der Waals surface area contributed by atoms with Gasteiger partial charge in [0.2, 0.25) is 0 Å². The van der Waals surface area contributed by atoms with Gasteiger partial charge in [-0.3, -0.25) is 4.90 Å². The predicted molar refractivity (Wildman–Crippen MR) is 53.2 cm³/mol. The van der Waals surface area contributed by atoms with Crippen molar-refractivity contribution in [2.24, 2.45) is 0 Å². The quantitative estimate of drug-likeness (QED) is 0.495. The van der Waals surface area contributed by atoms with Crippen LogP contribution in [-0.2, 0) is 0 Å². The molecule has 0 aliphatic carbocycles. The van der Waals surface area contributed by atoms with Crippen molar-refractivity contribution >= 4 is 0 Å². The third-order valence-corrected chi connectivity index (χ3v) is 2.87. The minimum Gasteiger partial charge on any atom is -0.323 e. The number of rotatable bonds is 0. The van der Waals surface area contributed by atoms with E-state index in [0.717, 1.165) is 0 Å². The maximum atomic E-state index is 2.57. The topological polar surface area (TPSA) is 3.24 Å². The first-order chi connectivity index (χ1) is 5.70. The summed E-state index contributed by atoms with van der Waals surface area (Å²) in [5.41, 5.74) is 0. The van der Waals surface area contributed by atoms with Crippen LogP contribution in [-0.4, -0.2) is 55.7 Å². The Morgan fingerprint density at radius 2 is 1.33 bits per heavy atom. The fraction of sp³-hybridized carbons (Fsp3) is 1.00. The second-order valence-corrected chi connectivity index (χ2v) is 4.34. The number of piperazine rings is 3. The largest absolute Gasteiger partial charge is 0.323 e. The van der Waals surface area contributed by atoms with Crippen molar-refractivity contribution in [3.05, 3.63) is 0 Å². The molecule has 3 heterocycles. The van der Waals surface area contributed by atoms with E-state index in [1.165, 1.54) is 50.2 Å². The molecule has 0 amide bonds. The average Bonchev–Trinajstić information content (AvgIpc) is 2.07. The molecule has 0 saturated carbocycles. The van der Waals surface area contributed by atoms with Crippen molar-refractivity contribution in [3.63, 3.8) is 0 Å². The molecule has 72 valence electrons. The van der Waals surface area contributed by atoms with E-state index in [2.05, 4.69) is 25.8 Å². The zero-order valence-electron chi connectivity index (χ0n) is 8.84. The van der Waals surface area contributed by atoms with Gasteiger partial charge in [0, 0.05) is 19.6 Å². The van der Waals surface area contributed by atoms with E-state index in [1.807, 2.05) is 0 Å². The summed E-state index contributed by atoms with van der Waals surface area (Å²) in [6.07, 6.45) is 1.25. The third-order valence-electron chi connectivity index (χ3n) is 2.87. The Morgan fingerprint density at radius 1 is 1.00 bits per heavy atom. The molecule has 2 heteroatoms. The fourth-order valence-electron chi connectivity index (χ4n) is 1.82. The lowest BCUT2D eigenvalue weighted by atomic mass is 10.2. The molecule has 3 aliphatic rings. The molecule has 0 aromatic rings. The lowest BCUT2D eigenvalue weighted by Gasteiger charge is -2.48. The number of likely N-dealkylation sites (N-methyl/N-ethyl adjacent to an activating group) is 1. The maximum absolute atomic E-state index is 2.57. The highest BCUT2D eigenvalue weighted by atomic mass is 15.4. The maximum Gasteiger partial charge on any atom is 0.0914 e. The molecule has 3 aliphatic heterocycles. The van der Waals surface area contributed by atoms with Crippen molar-refractivity contribution in [2.45, 2.75) is 20.3 Å². The van der Waals surface area contributed by atoms with E-state index in [0.29, 0.717) is 0 Å². The van der Waals surface area contributed by atoms with Crippen LogP contribution in [0.2, 0.25) is 0 Å². The molecule has 0 aromatic heterocycles. The minimum absolute atomic E-state index is 1.25. The van der Waals surface area contributed by atoms with Gasteiger partial charge in [-0.2, -0.15) is 0 Å². The molecular formula is C10H23N2+. The van der Waals surface area contributed by atoms with Crippen LogP contribution in [0.3, 0.4) is 0 Å². The number of fused-ring (bicyclic) bond motifs is 3. The second-order valence-electron chi connectivity index (χ2n) is 4.34. The van der Waals surface area contributed by atoms with Gasteiger partial charge in [0.05, 0.1) is 26.7 Å². The Balaban J connectivity index is 0.000000213. The van der Waals surface area contributed by atoms with E-state index in [9.17, 15) is 0 Å². The van der Waals surface area contributed by atoms with E-state index < -0.39 is 0 Å². The summed E-state index contributed by atoms with van der Waals surface area (Å²) in [6, 6.07) is 0. The van der Waals surface area contributed by atoms with Crippen LogP contribution in [0.1, 0.15) is 20.3 Å². The standard InChI is InChI=1S/C7H15N2.C3H8/c1-9-5-2-8(3-6-9)4-7-9;1-3-2/h2-7H2,1H3;3H2,1-2H3/q+1;. The highest BCUT2D eigenvalue weighted by Crippen LogP contribution is 2.15. The van der Waals surface area contributed by atoms with E-state index >= 15 is 0 Å². The first-order valence-corrected chi connectivity index (χ1v) is 5.26. The van der Waals surface area contributed by atoms with Crippen LogP contribution >= 0.6 is 0 Å². The molecule has 0 unspecified atom stereocenters. The first kappa shape index (κ1) is 10.0. The summed E-state index contributed by atoms with van der Waals surface area (Å²) in [7, 11) is 2.39. The predicted octanol–water partition coefficient (Wildman–Crippen LogP) is 1.18. The van der Waals surface area contributed by atoms with Crippen LogP contribution in [0.25, 0.3) is 0 Å². The molecule has 0 aromatic carbocycles. The highest BCUT2D eigenvalue weighted by Gasteiger charge is 2.34. The van der Waals surface area contributed by atoms with Gasteiger partial charge in [-0.15, -0.1) is 0 Å². The Bertz CT molecular complexity index is 112. The zero-order chi connectivity index (χ0) is 9.03. The first-order valence-electron chi connectivity index (χ1n) is 5.26. The third kappa shape index (κ3) is 2.46. The van der Waals surface area contributed by atoms with E-state index in [4.69, 9.17) is 0 Å². The lowest BCUT2D eigenvalue weighted by molar-refractivity contribution is -0.922. The summed E-state index contributed by atoms with van der Waals surface area (Å²) >= 11 is 0. The second kappa shape index (κ2) is 4.24. The normalized spacial score (nSPS) is 38.8. The molecule has 3 fully saturated rings. The van der Waals surface area contributed by atoms with Gasteiger partial charge in [0.25, 0.3) is 0 Å². The molecule has 0 N–H and O–H groups in total. The number of quaternary nitrogens is 1. The Labute approximate surface area is 76.7 Å². The molecule has 2 bridgehead atoms. The van der Waals surface area contributed by atoms with Crippen molar-refractivity contribution in [3.8, 4) is 0 Å². The SMILES string of the molecule is CCC.C[N+]12CCN(CC1)CC2. The summed E-state index contributed by atoms with van der Waals surface area (Å²) in [4.78, 5) is 2.57. The Kier molecular flexibility index (Phi) is 3.53. The van der Waals surface area contributed by atoms with Gasteiger partial charge in [0.1, 0.15) is 0 Å². The molecule has 3 saturated heterocycles. The molecular weight excluding hydrogens is 148 g/mol. The summed E-state index contributed by atoms with van der Waals surface area (Å²) in [5, 5.41) is 0. The number of hydrogen-bond donors (Lipinski definition) is 0. The molecule has 0 atom stereocenters.